The molecule has 0 saturated heterocycles. The fourth-order valence-electron chi connectivity index (χ4n) is 1.63. The first kappa shape index (κ1) is 13.4. The standard InChI is InChI=1S/C11H13F2NO3/c1-17-8-5-3-2-4-7(8)11(6-14,9(12)13)10(15)16/h2-5,9H,6,14H2,1H3,(H,15,16). The van der Waals surface area contributed by atoms with Crippen molar-refractivity contribution >= 4 is 5.97 Å². The topological polar surface area (TPSA) is 72.5 Å². The molecule has 1 aromatic carbocycles. The van der Waals surface area contributed by atoms with Gasteiger partial charge in [0.05, 0.1) is 7.11 Å². The molecule has 0 heterocycles. The normalized spacial score (nSPS) is 14.4. The van der Waals surface area contributed by atoms with Crippen LogP contribution in [0.25, 0.3) is 0 Å². The molecule has 1 aromatic rings. The largest absolute Gasteiger partial charge is 0.496 e. The van der Waals surface area contributed by atoms with Gasteiger partial charge in [-0.15, -0.1) is 0 Å². The maximum atomic E-state index is 13.1. The van der Waals surface area contributed by atoms with Crippen molar-refractivity contribution in [3.05, 3.63) is 29.8 Å². The number of hydrogen-bond acceptors (Lipinski definition) is 3. The summed E-state index contributed by atoms with van der Waals surface area (Å²) in [6.07, 6.45) is -3.12. The van der Waals surface area contributed by atoms with E-state index in [1.807, 2.05) is 0 Å². The van der Waals surface area contributed by atoms with Gasteiger partial charge in [-0.2, -0.15) is 0 Å². The molecule has 0 radical (unpaired) electrons. The van der Waals surface area contributed by atoms with Gasteiger partial charge in [-0.3, -0.25) is 4.79 Å². The minimum atomic E-state index is -3.12. The van der Waals surface area contributed by atoms with Gasteiger partial charge in [-0.25, -0.2) is 8.78 Å². The number of nitrogens with two attached hydrogens (primary N) is 1. The van der Waals surface area contributed by atoms with E-state index < -0.39 is 24.4 Å². The Labute approximate surface area is 97.0 Å². The molecule has 17 heavy (non-hydrogen) atoms. The van der Waals surface area contributed by atoms with Crippen molar-refractivity contribution in [1.29, 1.82) is 0 Å². The van der Waals surface area contributed by atoms with E-state index in [-0.39, 0.29) is 11.3 Å². The van der Waals surface area contributed by atoms with E-state index in [4.69, 9.17) is 15.6 Å². The van der Waals surface area contributed by atoms with Crippen molar-refractivity contribution < 1.29 is 23.4 Å². The van der Waals surface area contributed by atoms with Crippen molar-refractivity contribution in [1.82, 2.24) is 0 Å². The lowest BCUT2D eigenvalue weighted by molar-refractivity contribution is -0.150. The lowest BCUT2D eigenvalue weighted by Crippen LogP contribution is -2.49. The van der Waals surface area contributed by atoms with Gasteiger partial charge in [0.15, 0.2) is 5.41 Å². The third kappa shape index (κ3) is 2.08. The molecule has 0 saturated carbocycles. The molecule has 0 aliphatic carbocycles. The van der Waals surface area contributed by atoms with E-state index in [1.54, 1.807) is 6.07 Å². The highest BCUT2D eigenvalue weighted by Gasteiger charge is 2.49. The average Bonchev–Trinajstić information content (AvgIpc) is 2.30. The molecule has 1 atom stereocenters. The van der Waals surface area contributed by atoms with Gasteiger partial charge in [-0.1, -0.05) is 18.2 Å². The smallest absolute Gasteiger partial charge is 0.321 e. The van der Waals surface area contributed by atoms with Crippen molar-refractivity contribution in [3.8, 4) is 5.75 Å². The zero-order chi connectivity index (χ0) is 13.1. The lowest BCUT2D eigenvalue weighted by Gasteiger charge is -2.28. The molecule has 0 amide bonds. The number of rotatable bonds is 5. The third-order valence-electron chi connectivity index (χ3n) is 2.66. The van der Waals surface area contributed by atoms with Gasteiger partial charge in [0, 0.05) is 12.1 Å². The Morgan fingerprint density at radius 1 is 1.53 bits per heavy atom. The summed E-state index contributed by atoms with van der Waals surface area (Å²) in [7, 11) is 1.29. The fourth-order valence-corrected chi connectivity index (χ4v) is 1.63. The van der Waals surface area contributed by atoms with Crippen LogP contribution in [0, 0.1) is 0 Å². The van der Waals surface area contributed by atoms with Crippen molar-refractivity contribution in [3.63, 3.8) is 0 Å². The molecular weight excluding hydrogens is 232 g/mol. The zero-order valence-electron chi connectivity index (χ0n) is 9.19. The summed E-state index contributed by atoms with van der Waals surface area (Å²) in [5, 5.41) is 9.05. The third-order valence-corrected chi connectivity index (χ3v) is 2.66. The SMILES string of the molecule is COc1ccccc1C(CN)(C(=O)O)C(F)F. The summed E-state index contributed by atoms with van der Waals surface area (Å²) in [4.78, 5) is 11.1. The minimum Gasteiger partial charge on any atom is -0.496 e. The van der Waals surface area contributed by atoms with E-state index >= 15 is 0 Å². The number of para-hydroxylation sites is 1. The van der Waals surface area contributed by atoms with Crippen LogP contribution in [0.3, 0.4) is 0 Å². The second kappa shape index (κ2) is 5.09. The highest BCUT2D eigenvalue weighted by molar-refractivity contribution is 5.83. The number of carboxylic acid groups (broad SMARTS) is 1. The number of halogens is 2. The first-order valence-electron chi connectivity index (χ1n) is 4.85. The second-order valence-electron chi connectivity index (χ2n) is 3.48. The molecule has 1 rings (SSSR count). The maximum Gasteiger partial charge on any atom is 0.321 e. The Morgan fingerprint density at radius 2 is 2.12 bits per heavy atom. The van der Waals surface area contributed by atoms with Gasteiger partial charge < -0.3 is 15.6 Å². The Morgan fingerprint density at radius 3 is 2.53 bits per heavy atom. The Bertz CT molecular complexity index is 411. The van der Waals surface area contributed by atoms with E-state index in [2.05, 4.69) is 0 Å². The van der Waals surface area contributed by atoms with Gasteiger partial charge in [-0.05, 0) is 6.07 Å². The molecule has 0 fully saturated rings. The molecule has 6 heteroatoms. The molecule has 0 aromatic heterocycles. The minimum absolute atomic E-state index is 0.0839. The van der Waals surface area contributed by atoms with E-state index in [9.17, 15) is 13.6 Å². The van der Waals surface area contributed by atoms with Crippen molar-refractivity contribution in [2.75, 3.05) is 13.7 Å². The summed E-state index contributed by atoms with van der Waals surface area (Å²) < 4.78 is 31.1. The summed E-state index contributed by atoms with van der Waals surface area (Å²) in [5.74, 6) is -1.58. The number of methoxy groups -OCH3 is 1. The predicted octanol–water partition coefficient (Wildman–Crippen LogP) is 1.24. The van der Waals surface area contributed by atoms with Crippen molar-refractivity contribution in [2.24, 2.45) is 5.73 Å². The van der Waals surface area contributed by atoms with Crippen LogP contribution in [0.5, 0.6) is 5.75 Å². The van der Waals surface area contributed by atoms with Crippen LogP contribution in [-0.2, 0) is 10.2 Å². The van der Waals surface area contributed by atoms with Gasteiger partial charge in [0.2, 0.25) is 0 Å². The predicted molar refractivity (Wildman–Crippen MR) is 57.4 cm³/mol. The molecule has 4 nitrogen and oxygen atoms in total. The summed E-state index contributed by atoms with van der Waals surface area (Å²) in [6, 6.07) is 5.74. The number of carboxylic acids is 1. The van der Waals surface area contributed by atoms with Gasteiger partial charge >= 0.3 is 5.97 Å². The number of hydrogen-bond donors (Lipinski definition) is 2. The number of alkyl halides is 2. The Balaban J connectivity index is 3.46. The van der Waals surface area contributed by atoms with Gasteiger partial charge in [0.25, 0.3) is 6.43 Å². The van der Waals surface area contributed by atoms with Gasteiger partial charge in [0.1, 0.15) is 5.75 Å². The van der Waals surface area contributed by atoms with E-state index in [0.717, 1.165) is 0 Å². The molecule has 0 aliphatic heterocycles. The van der Waals surface area contributed by atoms with Crippen LogP contribution in [0.2, 0.25) is 0 Å². The summed E-state index contributed by atoms with van der Waals surface area (Å²) in [5.41, 5.74) is 2.69. The molecule has 0 aliphatic rings. The van der Waals surface area contributed by atoms with Crippen molar-refractivity contribution in [2.45, 2.75) is 11.8 Å². The molecule has 94 valence electrons. The average molecular weight is 245 g/mol. The highest BCUT2D eigenvalue weighted by Crippen LogP contribution is 2.36. The van der Waals surface area contributed by atoms with E-state index in [1.165, 1.54) is 25.3 Å². The number of carbonyl (C=O) groups is 1. The number of ether oxygens (including phenoxy) is 1. The van der Waals surface area contributed by atoms with Crippen LogP contribution >= 0.6 is 0 Å². The van der Waals surface area contributed by atoms with E-state index in [0.29, 0.717) is 0 Å². The fraction of sp³-hybridized carbons (Fsp3) is 0.364. The molecular formula is C11H13F2NO3. The summed E-state index contributed by atoms with van der Waals surface area (Å²) in [6.45, 7) is -0.708. The molecule has 0 spiro atoms. The zero-order valence-corrected chi connectivity index (χ0v) is 9.19. The number of benzene rings is 1. The Kier molecular flexibility index (Phi) is 4.01. The van der Waals surface area contributed by atoms with Crippen LogP contribution < -0.4 is 10.5 Å². The lowest BCUT2D eigenvalue weighted by atomic mass is 9.80. The Hall–Kier alpha value is -1.69. The molecule has 1 unspecified atom stereocenters. The van der Waals surface area contributed by atoms with Crippen LogP contribution in [0.4, 0.5) is 8.78 Å². The second-order valence-corrected chi connectivity index (χ2v) is 3.48. The van der Waals surface area contributed by atoms with Crippen LogP contribution in [-0.4, -0.2) is 31.2 Å². The maximum absolute atomic E-state index is 13.1. The first-order chi connectivity index (χ1) is 8.00. The molecule has 3 N–H and O–H groups in total. The first-order valence-corrected chi connectivity index (χ1v) is 4.85. The highest BCUT2D eigenvalue weighted by atomic mass is 19.3. The van der Waals surface area contributed by atoms with Crippen LogP contribution in [0.1, 0.15) is 5.56 Å². The quantitative estimate of drug-likeness (QED) is 0.818. The summed E-state index contributed by atoms with van der Waals surface area (Å²) >= 11 is 0. The molecule has 0 bridgehead atoms. The monoisotopic (exact) mass is 245 g/mol. The van der Waals surface area contributed by atoms with Crippen LogP contribution in [0.15, 0.2) is 24.3 Å². The number of aliphatic carboxylic acids is 1.